The molecule has 9 nitrogen and oxygen atoms in total. The smallest absolute Gasteiger partial charge is 0.243 e. The highest BCUT2D eigenvalue weighted by Gasteiger charge is 2.33. The van der Waals surface area contributed by atoms with Crippen LogP contribution in [0.5, 0.6) is 5.75 Å². The van der Waals surface area contributed by atoms with Crippen molar-refractivity contribution in [2.24, 2.45) is 0 Å². The van der Waals surface area contributed by atoms with Crippen LogP contribution in [0.1, 0.15) is 6.42 Å². The highest BCUT2D eigenvalue weighted by Crippen LogP contribution is 2.35. The molecule has 12 heteroatoms. The Labute approximate surface area is 228 Å². The number of aromatic nitrogens is 4. The van der Waals surface area contributed by atoms with Crippen molar-refractivity contribution in [2.45, 2.75) is 17.4 Å². The van der Waals surface area contributed by atoms with Crippen molar-refractivity contribution in [3.63, 3.8) is 0 Å². The van der Waals surface area contributed by atoms with Gasteiger partial charge in [-0.2, -0.15) is 4.31 Å². The Morgan fingerprint density at radius 2 is 1.97 bits per heavy atom. The van der Waals surface area contributed by atoms with Gasteiger partial charge in [-0.3, -0.25) is 4.40 Å². The molecule has 1 saturated heterocycles. The third-order valence-corrected chi connectivity index (χ3v) is 9.33. The van der Waals surface area contributed by atoms with E-state index in [1.165, 1.54) is 16.4 Å². The number of thiazole rings is 1. The number of rotatable bonds is 7. The Kier molecular flexibility index (Phi) is 6.52. The topological polar surface area (TPSA) is 102 Å². The molecule has 1 fully saturated rings. The Morgan fingerprint density at radius 1 is 1.13 bits per heavy atom. The SMILES string of the molecule is COc1cccc(-c2nc3sccn3c2-c2ccnc(N[C@@H]3CCN(S(=O)(=O)c4ccc(Cl)cc4)C3)n2)c1. The van der Waals surface area contributed by atoms with Crippen LogP contribution in [-0.4, -0.2) is 58.3 Å². The van der Waals surface area contributed by atoms with E-state index in [-0.39, 0.29) is 10.9 Å². The van der Waals surface area contributed by atoms with Crippen LogP contribution in [0.2, 0.25) is 5.02 Å². The molecule has 1 N–H and O–H groups in total. The molecule has 3 aromatic heterocycles. The first-order valence-electron chi connectivity index (χ1n) is 11.9. The molecule has 0 radical (unpaired) electrons. The van der Waals surface area contributed by atoms with Crippen molar-refractivity contribution in [2.75, 3.05) is 25.5 Å². The Bertz CT molecular complexity index is 1720. The van der Waals surface area contributed by atoms with Crippen LogP contribution in [0.25, 0.3) is 27.6 Å². The minimum Gasteiger partial charge on any atom is -0.497 e. The maximum absolute atomic E-state index is 13.1. The number of ether oxygens (including phenoxy) is 1. The summed E-state index contributed by atoms with van der Waals surface area (Å²) < 4.78 is 35.1. The number of hydrogen-bond acceptors (Lipinski definition) is 8. The van der Waals surface area contributed by atoms with Gasteiger partial charge in [-0.15, -0.1) is 11.3 Å². The number of methoxy groups -OCH3 is 1. The van der Waals surface area contributed by atoms with Gasteiger partial charge in [-0.05, 0) is 48.9 Å². The van der Waals surface area contributed by atoms with Crippen LogP contribution in [0, 0.1) is 0 Å². The molecule has 1 aliphatic heterocycles. The van der Waals surface area contributed by atoms with Gasteiger partial charge in [0, 0.05) is 47.5 Å². The van der Waals surface area contributed by atoms with Gasteiger partial charge in [0.2, 0.25) is 16.0 Å². The number of imidazole rings is 1. The van der Waals surface area contributed by atoms with E-state index in [4.69, 9.17) is 26.3 Å². The Morgan fingerprint density at radius 3 is 2.79 bits per heavy atom. The van der Waals surface area contributed by atoms with Gasteiger partial charge in [0.1, 0.15) is 11.4 Å². The van der Waals surface area contributed by atoms with Gasteiger partial charge in [0.15, 0.2) is 4.96 Å². The fraction of sp³-hybridized carbons (Fsp3) is 0.192. The number of fused-ring (bicyclic) bond motifs is 1. The standard InChI is InChI=1S/C26H23ClN6O3S2/c1-36-20-4-2-3-17(15-20)23-24(33-13-14-37-26(33)31-23)22-9-11-28-25(30-22)29-19-10-12-32(16-19)38(34,35)21-7-5-18(27)6-8-21/h2-9,11,13-15,19H,10,12,16H2,1H3,(H,28,29,30)/t19-/m1/s1. The van der Waals surface area contributed by atoms with Gasteiger partial charge >= 0.3 is 0 Å². The third kappa shape index (κ3) is 4.62. The summed E-state index contributed by atoms with van der Waals surface area (Å²) in [6, 6.07) is 15.7. The monoisotopic (exact) mass is 566 g/mol. The molecule has 2 aromatic carbocycles. The molecule has 5 aromatic rings. The predicted molar refractivity (Wildman–Crippen MR) is 148 cm³/mol. The lowest BCUT2D eigenvalue weighted by atomic mass is 10.1. The van der Waals surface area contributed by atoms with Crippen molar-refractivity contribution >= 4 is 43.9 Å². The summed E-state index contributed by atoms with van der Waals surface area (Å²) in [5.41, 5.74) is 3.26. The van der Waals surface area contributed by atoms with E-state index in [9.17, 15) is 8.42 Å². The number of hydrogen-bond donors (Lipinski definition) is 1. The van der Waals surface area contributed by atoms with Crippen LogP contribution < -0.4 is 10.1 Å². The Balaban J connectivity index is 1.27. The molecule has 0 amide bonds. The summed E-state index contributed by atoms with van der Waals surface area (Å²) in [4.78, 5) is 15.2. The molecular formula is C26H23ClN6O3S2. The summed E-state index contributed by atoms with van der Waals surface area (Å²) in [5, 5.41) is 5.81. The first-order valence-corrected chi connectivity index (χ1v) is 14.6. The van der Waals surface area contributed by atoms with Crippen molar-refractivity contribution in [3.05, 3.63) is 77.4 Å². The van der Waals surface area contributed by atoms with Gasteiger partial charge in [-0.25, -0.2) is 23.4 Å². The first-order chi connectivity index (χ1) is 18.4. The minimum atomic E-state index is -3.61. The zero-order chi connectivity index (χ0) is 26.3. The molecule has 1 atom stereocenters. The molecule has 0 saturated carbocycles. The van der Waals surface area contributed by atoms with E-state index < -0.39 is 10.0 Å². The van der Waals surface area contributed by atoms with Gasteiger partial charge in [0.25, 0.3) is 0 Å². The Hall–Kier alpha value is -3.51. The van der Waals surface area contributed by atoms with Crippen LogP contribution in [0.15, 0.2) is 77.3 Å². The number of sulfonamides is 1. The third-order valence-electron chi connectivity index (χ3n) is 6.44. The lowest BCUT2D eigenvalue weighted by Crippen LogP contribution is -2.32. The molecule has 194 valence electrons. The summed E-state index contributed by atoms with van der Waals surface area (Å²) in [6.45, 7) is 0.718. The molecule has 0 aliphatic carbocycles. The molecule has 4 heterocycles. The number of anilines is 1. The molecule has 0 spiro atoms. The molecule has 0 unspecified atom stereocenters. The zero-order valence-corrected chi connectivity index (χ0v) is 22.7. The van der Waals surface area contributed by atoms with Gasteiger partial charge in [0.05, 0.1) is 23.4 Å². The number of nitrogens with zero attached hydrogens (tertiary/aromatic N) is 5. The second-order valence-electron chi connectivity index (χ2n) is 8.81. The maximum atomic E-state index is 13.1. The van der Waals surface area contributed by atoms with E-state index in [1.807, 2.05) is 46.3 Å². The average molecular weight is 567 g/mol. The lowest BCUT2D eigenvalue weighted by Gasteiger charge is -2.17. The highest BCUT2D eigenvalue weighted by atomic mass is 35.5. The van der Waals surface area contributed by atoms with Crippen LogP contribution in [-0.2, 0) is 10.0 Å². The van der Waals surface area contributed by atoms with Crippen molar-refractivity contribution in [3.8, 4) is 28.4 Å². The summed E-state index contributed by atoms with van der Waals surface area (Å²) in [7, 11) is -1.97. The predicted octanol–water partition coefficient (Wildman–Crippen LogP) is 5.06. The van der Waals surface area contributed by atoms with Gasteiger partial charge in [-0.1, -0.05) is 23.7 Å². The molecule has 1 aliphatic rings. The first kappa shape index (κ1) is 24.8. The summed E-state index contributed by atoms with van der Waals surface area (Å²) >= 11 is 7.47. The van der Waals surface area contributed by atoms with Crippen molar-refractivity contribution in [1.29, 1.82) is 0 Å². The molecular weight excluding hydrogens is 544 g/mol. The normalized spacial score (nSPS) is 16.2. The number of halogens is 1. The average Bonchev–Trinajstić information content (AvgIpc) is 3.66. The van der Waals surface area contributed by atoms with Crippen LogP contribution >= 0.6 is 22.9 Å². The van der Waals surface area contributed by atoms with Crippen molar-refractivity contribution < 1.29 is 13.2 Å². The van der Waals surface area contributed by atoms with E-state index in [1.54, 1.807) is 36.8 Å². The van der Waals surface area contributed by atoms with E-state index in [0.717, 1.165) is 27.7 Å². The van der Waals surface area contributed by atoms with Crippen LogP contribution in [0.4, 0.5) is 5.95 Å². The zero-order valence-electron chi connectivity index (χ0n) is 20.3. The van der Waals surface area contributed by atoms with E-state index in [2.05, 4.69) is 10.3 Å². The van der Waals surface area contributed by atoms with E-state index >= 15 is 0 Å². The number of benzene rings is 2. The maximum Gasteiger partial charge on any atom is 0.243 e. The van der Waals surface area contributed by atoms with Crippen molar-refractivity contribution in [1.82, 2.24) is 23.7 Å². The largest absolute Gasteiger partial charge is 0.497 e. The molecule has 6 rings (SSSR count). The highest BCUT2D eigenvalue weighted by molar-refractivity contribution is 7.89. The van der Waals surface area contributed by atoms with Crippen LogP contribution in [0.3, 0.4) is 0 Å². The summed E-state index contributed by atoms with van der Waals surface area (Å²) in [5.74, 6) is 1.18. The summed E-state index contributed by atoms with van der Waals surface area (Å²) in [6.07, 6.45) is 4.30. The fourth-order valence-electron chi connectivity index (χ4n) is 4.56. The molecule has 38 heavy (non-hydrogen) atoms. The van der Waals surface area contributed by atoms with Gasteiger partial charge < -0.3 is 10.1 Å². The second-order valence-corrected chi connectivity index (χ2v) is 12.1. The molecule has 0 bridgehead atoms. The fourth-order valence-corrected chi connectivity index (χ4v) is 6.90. The minimum absolute atomic E-state index is 0.128. The van der Waals surface area contributed by atoms with E-state index in [0.29, 0.717) is 36.2 Å². The lowest BCUT2D eigenvalue weighted by molar-refractivity contribution is 0.415. The quantitative estimate of drug-likeness (QED) is 0.294. The number of nitrogens with one attached hydrogen (secondary N) is 1. The second kappa shape index (κ2) is 9.99.